The highest BCUT2D eigenvalue weighted by Gasteiger charge is 2.31. The van der Waals surface area contributed by atoms with Gasteiger partial charge in [0.25, 0.3) is 0 Å². The Morgan fingerprint density at radius 3 is 2.42 bits per heavy atom. The van der Waals surface area contributed by atoms with E-state index >= 15 is 0 Å². The van der Waals surface area contributed by atoms with Crippen LogP contribution in [0, 0.1) is 5.92 Å². The number of hydrogen-bond acceptors (Lipinski definition) is 2. The Morgan fingerprint density at radius 1 is 1.26 bits per heavy atom. The van der Waals surface area contributed by atoms with Crippen LogP contribution < -0.4 is 5.73 Å². The van der Waals surface area contributed by atoms with Crippen molar-refractivity contribution in [1.29, 1.82) is 0 Å². The average Bonchev–Trinajstić information content (AvgIpc) is 2.33. The van der Waals surface area contributed by atoms with Crippen molar-refractivity contribution in [3.63, 3.8) is 0 Å². The van der Waals surface area contributed by atoms with Crippen LogP contribution in [0.15, 0.2) is 18.2 Å². The standard InChI is InChI=1S/C14H19F3N2/c1-19-6-4-10(5-7-19)8-11-2-3-12(9-13(11)18)14(15,16)17/h2-3,9-10H,4-8,18H2,1H3. The first-order valence-electron chi connectivity index (χ1n) is 6.50. The summed E-state index contributed by atoms with van der Waals surface area (Å²) in [4.78, 5) is 2.27. The summed E-state index contributed by atoms with van der Waals surface area (Å²) in [7, 11) is 2.09. The summed E-state index contributed by atoms with van der Waals surface area (Å²) in [5, 5.41) is 0. The molecule has 1 aromatic carbocycles. The number of rotatable bonds is 2. The predicted molar refractivity (Wildman–Crippen MR) is 69.8 cm³/mol. The number of nitrogens with two attached hydrogens (primary N) is 1. The quantitative estimate of drug-likeness (QED) is 0.838. The Bertz CT molecular complexity index is 435. The van der Waals surface area contributed by atoms with E-state index in [-0.39, 0.29) is 5.69 Å². The maximum atomic E-state index is 12.5. The summed E-state index contributed by atoms with van der Waals surface area (Å²) in [6.07, 6.45) is -1.38. The van der Waals surface area contributed by atoms with Crippen LogP contribution in [0.1, 0.15) is 24.0 Å². The summed E-state index contributed by atoms with van der Waals surface area (Å²) in [6.45, 7) is 2.09. The van der Waals surface area contributed by atoms with Crippen molar-refractivity contribution >= 4 is 5.69 Å². The number of benzene rings is 1. The van der Waals surface area contributed by atoms with Gasteiger partial charge in [-0.1, -0.05) is 6.07 Å². The number of nitrogen functional groups attached to an aromatic ring is 1. The zero-order chi connectivity index (χ0) is 14.0. The molecule has 0 amide bonds. The first-order valence-corrected chi connectivity index (χ1v) is 6.50. The van der Waals surface area contributed by atoms with Gasteiger partial charge in [-0.3, -0.25) is 0 Å². The lowest BCUT2D eigenvalue weighted by atomic mass is 9.89. The first kappa shape index (κ1) is 14.2. The molecule has 1 aliphatic heterocycles. The largest absolute Gasteiger partial charge is 0.416 e. The summed E-state index contributed by atoms with van der Waals surface area (Å²) in [5.74, 6) is 0.523. The number of anilines is 1. The third-order valence-electron chi connectivity index (χ3n) is 3.82. The van der Waals surface area contributed by atoms with Gasteiger partial charge in [-0.2, -0.15) is 13.2 Å². The van der Waals surface area contributed by atoms with Crippen LogP contribution in [0.2, 0.25) is 0 Å². The van der Waals surface area contributed by atoms with Gasteiger partial charge in [0.15, 0.2) is 0 Å². The van der Waals surface area contributed by atoms with Gasteiger partial charge in [0.05, 0.1) is 5.56 Å². The molecular weight excluding hydrogens is 253 g/mol. The average molecular weight is 272 g/mol. The number of hydrogen-bond donors (Lipinski definition) is 1. The molecule has 1 fully saturated rings. The van der Waals surface area contributed by atoms with Gasteiger partial charge in [0.2, 0.25) is 0 Å². The summed E-state index contributed by atoms with van der Waals surface area (Å²) < 4.78 is 37.6. The van der Waals surface area contributed by atoms with Crippen molar-refractivity contribution in [1.82, 2.24) is 4.90 Å². The third-order valence-corrected chi connectivity index (χ3v) is 3.82. The molecule has 2 N–H and O–H groups in total. The van der Waals surface area contributed by atoms with E-state index in [1.165, 1.54) is 6.07 Å². The Hall–Kier alpha value is -1.23. The first-order chi connectivity index (χ1) is 8.86. The minimum atomic E-state index is -4.32. The maximum Gasteiger partial charge on any atom is 0.416 e. The van der Waals surface area contributed by atoms with Crippen LogP contribution >= 0.6 is 0 Å². The second kappa shape index (κ2) is 5.41. The van der Waals surface area contributed by atoms with Crippen LogP contribution in [0.25, 0.3) is 0 Å². The Morgan fingerprint density at radius 2 is 1.89 bits per heavy atom. The normalized spacial score (nSPS) is 18.7. The van der Waals surface area contributed by atoms with Gasteiger partial charge in [0, 0.05) is 5.69 Å². The lowest BCUT2D eigenvalue weighted by Gasteiger charge is -2.29. The molecule has 1 heterocycles. The van der Waals surface area contributed by atoms with E-state index in [1.54, 1.807) is 0 Å². The van der Waals surface area contributed by atoms with Crippen molar-refractivity contribution in [2.75, 3.05) is 25.9 Å². The third kappa shape index (κ3) is 3.62. The Balaban J connectivity index is 2.05. The lowest BCUT2D eigenvalue weighted by molar-refractivity contribution is -0.137. The number of nitrogens with zero attached hydrogens (tertiary/aromatic N) is 1. The predicted octanol–water partition coefficient (Wildman–Crippen LogP) is 3.17. The molecule has 2 rings (SSSR count). The number of alkyl halides is 3. The molecule has 1 saturated heterocycles. The van der Waals surface area contributed by atoms with E-state index in [1.807, 2.05) is 0 Å². The van der Waals surface area contributed by atoms with E-state index in [0.717, 1.165) is 50.0 Å². The van der Waals surface area contributed by atoms with E-state index < -0.39 is 11.7 Å². The molecule has 5 heteroatoms. The highest BCUT2D eigenvalue weighted by molar-refractivity contribution is 5.50. The molecule has 19 heavy (non-hydrogen) atoms. The van der Waals surface area contributed by atoms with Crippen molar-refractivity contribution < 1.29 is 13.2 Å². The highest BCUT2D eigenvalue weighted by Crippen LogP contribution is 2.32. The molecule has 0 aromatic heterocycles. The fourth-order valence-corrected chi connectivity index (χ4v) is 2.53. The van der Waals surface area contributed by atoms with Gasteiger partial charge in [-0.15, -0.1) is 0 Å². The van der Waals surface area contributed by atoms with Gasteiger partial charge in [-0.25, -0.2) is 0 Å². The molecule has 2 nitrogen and oxygen atoms in total. The molecule has 0 bridgehead atoms. The van der Waals surface area contributed by atoms with Crippen molar-refractivity contribution in [3.8, 4) is 0 Å². The van der Waals surface area contributed by atoms with Crippen LogP contribution in [-0.4, -0.2) is 25.0 Å². The maximum absolute atomic E-state index is 12.5. The van der Waals surface area contributed by atoms with Crippen LogP contribution in [0.4, 0.5) is 18.9 Å². The topological polar surface area (TPSA) is 29.3 Å². The van der Waals surface area contributed by atoms with Gasteiger partial charge >= 0.3 is 6.18 Å². The smallest absolute Gasteiger partial charge is 0.398 e. The van der Waals surface area contributed by atoms with Crippen LogP contribution in [0.3, 0.4) is 0 Å². The van der Waals surface area contributed by atoms with Crippen LogP contribution in [-0.2, 0) is 12.6 Å². The van der Waals surface area contributed by atoms with E-state index in [4.69, 9.17) is 5.73 Å². The molecule has 0 unspecified atom stereocenters. The zero-order valence-corrected chi connectivity index (χ0v) is 11.0. The number of halogens is 3. The summed E-state index contributed by atoms with van der Waals surface area (Å²) in [6, 6.07) is 3.70. The minimum absolute atomic E-state index is 0.258. The molecule has 0 radical (unpaired) electrons. The fraction of sp³-hybridized carbons (Fsp3) is 0.571. The second-order valence-corrected chi connectivity index (χ2v) is 5.36. The van der Waals surface area contributed by atoms with Gasteiger partial charge < -0.3 is 10.6 Å². The Labute approximate surface area is 111 Å². The molecular formula is C14H19F3N2. The molecule has 1 aliphatic rings. The van der Waals surface area contributed by atoms with E-state index in [2.05, 4.69) is 11.9 Å². The number of likely N-dealkylation sites (tertiary alicyclic amines) is 1. The number of piperidine rings is 1. The molecule has 106 valence electrons. The minimum Gasteiger partial charge on any atom is -0.398 e. The second-order valence-electron chi connectivity index (χ2n) is 5.36. The van der Waals surface area contributed by atoms with Gasteiger partial charge in [0.1, 0.15) is 0 Å². The molecule has 0 saturated carbocycles. The van der Waals surface area contributed by atoms with Crippen LogP contribution in [0.5, 0.6) is 0 Å². The molecule has 0 aliphatic carbocycles. The van der Waals surface area contributed by atoms with Crippen molar-refractivity contribution in [3.05, 3.63) is 29.3 Å². The highest BCUT2D eigenvalue weighted by atomic mass is 19.4. The summed E-state index contributed by atoms with van der Waals surface area (Å²) >= 11 is 0. The monoisotopic (exact) mass is 272 g/mol. The molecule has 0 spiro atoms. The Kier molecular flexibility index (Phi) is 4.04. The fourth-order valence-electron chi connectivity index (χ4n) is 2.53. The summed E-state index contributed by atoms with van der Waals surface area (Å²) in [5.41, 5.74) is 6.18. The molecule has 1 aromatic rings. The van der Waals surface area contributed by atoms with Gasteiger partial charge in [-0.05, 0) is 63.0 Å². The lowest BCUT2D eigenvalue weighted by Crippen LogP contribution is -2.31. The molecule has 0 atom stereocenters. The zero-order valence-electron chi connectivity index (χ0n) is 11.0. The van der Waals surface area contributed by atoms with Crippen molar-refractivity contribution in [2.24, 2.45) is 5.92 Å². The van der Waals surface area contributed by atoms with E-state index in [0.29, 0.717) is 5.92 Å². The SMILES string of the molecule is CN1CCC(Cc2ccc(C(F)(F)F)cc2N)CC1. The van der Waals surface area contributed by atoms with E-state index in [9.17, 15) is 13.2 Å². The van der Waals surface area contributed by atoms with Crippen molar-refractivity contribution in [2.45, 2.75) is 25.4 Å².